The van der Waals surface area contributed by atoms with Crippen molar-refractivity contribution in [3.8, 4) is 5.75 Å². The summed E-state index contributed by atoms with van der Waals surface area (Å²) in [4.78, 5) is 29.1. The standard InChI is InChI=1S/C32H40BrN3O5S/c1-4-5-20-34-32(38)29(23-25-13-7-6-8-14-25)35(24-26-15-11-16-27(33)22-26)31(37)19-12-21-36(42(3,39)40)28-17-9-10-18-30(28)41-2/h6-11,13-18,22,29H,4-5,12,19-21,23-24H2,1-3H3,(H,34,38)/t29-/m1/s1. The van der Waals surface area contributed by atoms with Gasteiger partial charge in [0.05, 0.1) is 19.1 Å². The van der Waals surface area contributed by atoms with Crippen molar-refractivity contribution in [2.24, 2.45) is 0 Å². The number of sulfonamides is 1. The molecule has 10 heteroatoms. The highest BCUT2D eigenvalue weighted by atomic mass is 79.9. The number of carbonyl (C=O) groups excluding carboxylic acids is 2. The third-order valence-corrected chi connectivity index (χ3v) is 8.52. The molecule has 0 aliphatic rings. The number of para-hydroxylation sites is 2. The maximum absolute atomic E-state index is 13.9. The van der Waals surface area contributed by atoms with Crippen molar-refractivity contribution in [1.29, 1.82) is 0 Å². The molecule has 0 saturated carbocycles. The van der Waals surface area contributed by atoms with E-state index in [0.29, 0.717) is 24.4 Å². The van der Waals surface area contributed by atoms with E-state index in [0.717, 1.165) is 34.7 Å². The molecule has 0 heterocycles. The Balaban J connectivity index is 1.89. The number of hydrogen-bond acceptors (Lipinski definition) is 5. The smallest absolute Gasteiger partial charge is 0.243 e. The van der Waals surface area contributed by atoms with E-state index >= 15 is 0 Å². The fourth-order valence-electron chi connectivity index (χ4n) is 4.71. The van der Waals surface area contributed by atoms with Crippen molar-refractivity contribution < 1.29 is 22.7 Å². The van der Waals surface area contributed by atoms with E-state index in [9.17, 15) is 18.0 Å². The molecule has 42 heavy (non-hydrogen) atoms. The number of anilines is 1. The molecule has 226 valence electrons. The second-order valence-electron chi connectivity index (χ2n) is 10.1. The number of carbonyl (C=O) groups is 2. The minimum atomic E-state index is -3.65. The number of unbranched alkanes of at least 4 members (excludes halogenated alkanes) is 1. The second-order valence-corrected chi connectivity index (χ2v) is 12.9. The van der Waals surface area contributed by atoms with E-state index in [1.165, 1.54) is 11.4 Å². The quantitative estimate of drug-likeness (QED) is 0.204. The van der Waals surface area contributed by atoms with Gasteiger partial charge >= 0.3 is 0 Å². The molecule has 3 aromatic carbocycles. The van der Waals surface area contributed by atoms with Crippen LogP contribution < -0.4 is 14.4 Å². The summed E-state index contributed by atoms with van der Waals surface area (Å²) in [5.41, 5.74) is 2.24. The van der Waals surface area contributed by atoms with Gasteiger partial charge < -0.3 is 15.0 Å². The van der Waals surface area contributed by atoms with Crippen LogP contribution in [-0.2, 0) is 32.6 Å². The highest BCUT2D eigenvalue weighted by Crippen LogP contribution is 2.30. The maximum atomic E-state index is 13.9. The Kier molecular flexibility index (Phi) is 12.9. The van der Waals surface area contributed by atoms with Gasteiger partial charge in [-0.05, 0) is 48.2 Å². The predicted molar refractivity (Wildman–Crippen MR) is 171 cm³/mol. The number of halogens is 1. The topological polar surface area (TPSA) is 96.0 Å². The molecule has 0 bridgehead atoms. The van der Waals surface area contributed by atoms with E-state index in [1.807, 2.05) is 54.6 Å². The molecule has 0 fully saturated rings. The summed E-state index contributed by atoms with van der Waals surface area (Å²) in [6.45, 7) is 2.91. The lowest BCUT2D eigenvalue weighted by molar-refractivity contribution is -0.141. The maximum Gasteiger partial charge on any atom is 0.243 e. The zero-order chi connectivity index (χ0) is 30.5. The Bertz CT molecular complexity index is 1420. The Morgan fingerprint density at radius 3 is 2.31 bits per heavy atom. The Morgan fingerprint density at radius 2 is 1.64 bits per heavy atom. The largest absolute Gasteiger partial charge is 0.495 e. The normalized spacial score (nSPS) is 11.9. The minimum absolute atomic E-state index is 0.0582. The molecule has 2 amide bonds. The number of nitrogens with one attached hydrogen (secondary N) is 1. The summed E-state index contributed by atoms with van der Waals surface area (Å²) < 4.78 is 33.0. The second kappa shape index (κ2) is 16.3. The van der Waals surface area contributed by atoms with Gasteiger partial charge in [-0.1, -0.05) is 83.9 Å². The Labute approximate surface area is 258 Å². The first-order chi connectivity index (χ1) is 20.1. The molecule has 0 spiro atoms. The van der Waals surface area contributed by atoms with Crippen LogP contribution in [0.4, 0.5) is 5.69 Å². The van der Waals surface area contributed by atoms with E-state index in [1.54, 1.807) is 29.2 Å². The molecule has 0 saturated heterocycles. The number of benzene rings is 3. The number of rotatable bonds is 16. The third-order valence-electron chi connectivity index (χ3n) is 6.85. The van der Waals surface area contributed by atoms with Crippen molar-refractivity contribution in [1.82, 2.24) is 10.2 Å². The van der Waals surface area contributed by atoms with Gasteiger partial charge in [0, 0.05) is 36.9 Å². The zero-order valence-electron chi connectivity index (χ0n) is 24.5. The summed E-state index contributed by atoms with van der Waals surface area (Å²) in [5.74, 6) is -0.00494. The third kappa shape index (κ3) is 9.87. The molecule has 3 rings (SSSR count). The van der Waals surface area contributed by atoms with Crippen LogP contribution >= 0.6 is 15.9 Å². The molecule has 3 aromatic rings. The highest BCUT2D eigenvalue weighted by Gasteiger charge is 2.30. The Hall–Kier alpha value is -3.37. The van der Waals surface area contributed by atoms with Gasteiger partial charge in [0.25, 0.3) is 0 Å². The van der Waals surface area contributed by atoms with E-state index < -0.39 is 16.1 Å². The van der Waals surface area contributed by atoms with Crippen LogP contribution in [0.15, 0.2) is 83.3 Å². The van der Waals surface area contributed by atoms with Gasteiger partial charge in [0.15, 0.2) is 0 Å². The monoisotopic (exact) mass is 657 g/mol. The number of nitrogens with zero attached hydrogens (tertiary/aromatic N) is 2. The minimum Gasteiger partial charge on any atom is -0.495 e. The molecule has 0 radical (unpaired) electrons. The van der Waals surface area contributed by atoms with Gasteiger partial charge in [-0.15, -0.1) is 0 Å². The molecular weight excluding hydrogens is 618 g/mol. The van der Waals surface area contributed by atoms with Crippen molar-refractivity contribution >= 4 is 43.5 Å². The van der Waals surface area contributed by atoms with Crippen LogP contribution in [0.25, 0.3) is 0 Å². The summed E-state index contributed by atoms with van der Waals surface area (Å²) in [7, 11) is -2.16. The number of methoxy groups -OCH3 is 1. The first-order valence-electron chi connectivity index (χ1n) is 14.1. The summed E-state index contributed by atoms with van der Waals surface area (Å²) in [5, 5.41) is 3.02. The first kappa shape index (κ1) is 33.1. The Morgan fingerprint density at radius 1 is 0.952 bits per heavy atom. The van der Waals surface area contributed by atoms with Gasteiger partial charge in [-0.2, -0.15) is 0 Å². The molecule has 0 unspecified atom stereocenters. The average Bonchev–Trinajstić information content (AvgIpc) is 2.97. The average molecular weight is 659 g/mol. The van der Waals surface area contributed by atoms with Crippen LogP contribution in [0.5, 0.6) is 5.75 Å². The molecule has 8 nitrogen and oxygen atoms in total. The van der Waals surface area contributed by atoms with Gasteiger partial charge in [0.1, 0.15) is 11.8 Å². The van der Waals surface area contributed by atoms with Crippen molar-refractivity contribution in [3.63, 3.8) is 0 Å². The van der Waals surface area contributed by atoms with Crippen LogP contribution in [0.2, 0.25) is 0 Å². The van der Waals surface area contributed by atoms with Gasteiger partial charge in [-0.3, -0.25) is 13.9 Å². The molecule has 0 aliphatic carbocycles. The number of ether oxygens (including phenoxy) is 1. The molecule has 1 N–H and O–H groups in total. The first-order valence-corrected chi connectivity index (χ1v) is 16.7. The SMILES string of the molecule is CCCCNC(=O)[C@@H](Cc1ccccc1)N(Cc1cccc(Br)c1)C(=O)CCCN(c1ccccc1OC)S(C)(=O)=O. The highest BCUT2D eigenvalue weighted by molar-refractivity contribution is 9.10. The van der Waals surface area contributed by atoms with E-state index in [4.69, 9.17) is 4.74 Å². The van der Waals surface area contributed by atoms with Gasteiger partial charge in [0.2, 0.25) is 21.8 Å². The molecule has 0 aliphatic heterocycles. The van der Waals surface area contributed by atoms with Crippen LogP contribution in [0.3, 0.4) is 0 Å². The number of amides is 2. The van der Waals surface area contributed by atoms with Crippen LogP contribution in [0.1, 0.15) is 43.7 Å². The lowest BCUT2D eigenvalue weighted by Crippen LogP contribution is -2.50. The summed E-state index contributed by atoms with van der Waals surface area (Å²) in [6, 6.07) is 23.5. The fraction of sp³-hybridized carbons (Fsp3) is 0.375. The zero-order valence-corrected chi connectivity index (χ0v) is 26.9. The van der Waals surface area contributed by atoms with Crippen molar-refractivity contribution in [2.45, 2.75) is 51.6 Å². The fourth-order valence-corrected chi connectivity index (χ4v) is 6.13. The molecular formula is C32H40BrN3O5S. The van der Waals surface area contributed by atoms with Crippen LogP contribution in [-0.4, -0.2) is 57.6 Å². The molecule has 0 aromatic heterocycles. The summed E-state index contributed by atoms with van der Waals surface area (Å²) in [6.07, 6.45) is 3.59. The van der Waals surface area contributed by atoms with Crippen LogP contribution in [0, 0.1) is 0 Å². The number of hydrogen-bond donors (Lipinski definition) is 1. The molecule has 1 atom stereocenters. The van der Waals surface area contributed by atoms with E-state index in [-0.39, 0.29) is 37.7 Å². The van der Waals surface area contributed by atoms with Crippen molar-refractivity contribution in [3.05, 3.63) is 94.5 Å². The van der Waals surface area contributed by atoms with Gasteiger partial charge in [-0.25, -0.2) is 8.42 Å². The summed E-state index contributed by atoms with van der Waals surface area (Å²) >= 11 is 3.51. The lowest BCUT2D eigenvalue weighted by atomic mass is 10.0. The predicted octanol–water partition coefficient (Wildman–Crippen LogP) is 5.56. The van der Waals surface area contributed by atoms with Crippen molar-refractivity contribution in [2.75, 3.05) is 30.8 Å². The lowest BCUT2D eigenvalue weighted by Gasteiger charge is -2.32. The van der Waals surface area contributed by atoms with E-state index in [2.05, 4.69) is 28.2 Å².